The van der Waals surface area contributed by atoms with Gasteiger partial charge < -0.3 is 14.6 Å². The van der Waals surface area contributed by atoms with Gasteiger partial charge in [0.25, 0.3) is 0 Å². The second-order valence-electron chi connectivity index (χ2n) is 16.8. The maximum atomic E-state index is 12.3. The molecule has 0 aromatic heterocycles. The van der Waals surface area contributed by atoms with Crippen LogP contribution < -0.4 is 0 Å². The standard InChI is InChI=1S/C63H96O5/c1-3-5-7-9-11-13-15-17-18-19-20-21-22-23-24-25-26-27-28-29-30-31-32-33-34-35-36-37-38-39-40-41-42-43-44-46-48-50-52-54-56-58-63(66)68-61(59-64)60-67-62(65)57-55-53-51-49-47-45-16-14-12-10-8-6-4-2/h5-8,11-14,17-18,20-21,23-24,26-27,29-30,32-33,35-36,38-39,41-42,45,47,61,64H,3-4,9-10,15-16,19,22,25,28,31,34,37,40,43-44,46,48-60H2,1-2H3/b7-5-,8-6-,13-11-,14-12-,18-17-,21-20-,24-23-,27-26-,30-29-,33-32-,36-35-,39-38-,42-41-,47-45-. The van der Waals surface area contributed by atoms with Crippen molar-refractivity contribution in [3.63, 3.8) is 0 Å². The Morgan fingerprint density at radius 2 is 0.588 bits per heavy atom. The molecule has 5 heteroatoms. The zero-order valence-corrected chi connectivity index (χ0v) is 43.0. The van der Waals surface area contributed by atoms with Gasteiger partial charge in [-0.05, 0) is 128 Å². The highest BCUT2D eigenvalue weighted by atomic mass is 16.6. The number of carbonyl (C=O) groups is 2. The van der Waals surface area contributed by atoms with Gasteiger partial charge in [-0.15, -0.1) is 0 Å². The summed E-state index contributed by atoms with van der Waals surface area (Å²) in [5, 5.41) is 9.60. The van der Waals surface area contributed by atoms with E-state index in [1.165, 1.54) is 25.7 Å². The number of allylic oxidation sites excluding steroid dienone is 28. The largest absolute Gasteiger partial charge is 0.462 e. The van der Waals surface area contributed by atoms with Crippen LogP contribution in [-0.2, 0) is 19.1 Å². The van der Waals surface area contributed by atoms with E-state index in [0.29, 0.717) is 12.8 Å². The molecule has 1 unspecified atom stereocenters. The zero-order valence-electron chi connectivity index (χ0n) is 43.0. The van der Waals surface area contributed by atoms with Crippen LogP contribution in [-0.4, -0.2) is 36.4 Å². The van der Waals surface area contributed by atoms with Crippen molar-refractivity contribution in [2.75, 3.05) is 13.2 Å². The first kappa shape index (κ1) is 63.3. The lowest BCUT2D eigenvalue weighted by molar-refractivity contribution is -0.161. The van der Waals surface area contributed by atoms with E-state index in [9.17, 15) is 14.7 Å². The molecule has 0 saturated carbocycles. The molecule has 0 rings (SSSR count). The Morgan fingerprint density at radius 1 is 0.338 bits per heavy atom. The molecule has 0 fully saturated rings. The summed E-state index contributed by atoms with van der Waals surface area (Å²) in [7, 11) is 0. The summed E-state index contributed by atoms with van der Waals surface area (Å²) in [4.78, 5) is 24.4. The third kappa shape index (κ3) is 53.9. The average molecular weight is 933 g/mol. The van der Waals surface area contributed by atoms with Gasteiger partial charge in [-0.25, -0.2) is 0 Å². The van der Waals surface area contributed by atoms with Crippen LogP contribution in [0, 0.1) is 0 Å². The lowest BCUT2D eigenvalue weighted by atomic mass is 10.1. The molecule has 0 radical (unpaired) electrons. The van der Waals surface area contributed by atoms with Crippen molar-refractivity contribution >= 4 is 11.9 Å². The van der Waals surface area contributed by atoms with Crippen molar-refractivity contribution in [2.45, 2.75) is 200 Å². The molecular formula is C63H96O5. The number of hydrogen-bond donors (Lipinski definition) is 1. The van der Waals surface area contributed by atoms with Crippen LogP contribution in [0.5, 0.6) is 0 Å². The van der Waals surface area contributed by atoms with E-state index in [2.05, 4.69) is 184 Å². The number of aliphatic hydroxyl groups excluding tert-OH is 1. The van der Waals surface area contributed by atoms with Crippen molar-refractivity contribution in [3.05, 3.63) is 170 Å². The maximum Gasteiger partial charge on any atom is 0.306 e. The molecule has 0 aliphatic carbocycles. The van der Waals surface area contributed by atoms with E-state index in [0.717, 1.165) is 141 Å². The topological polar surface area (TPSA) is 72.8 Å². The number of esters is 2. The molecule has 0 aromatic carbocycles. The summed E-state index contributed by atoms with van der Waals surface area (Å²) in [6, 6.07) is 0. The van der Waals surface area contributed by atoms with Crippen LogP contribution in [0.2, 0.25) is 0 Å². The molecule has 0 spiro atoms. The minimum Gasteiger partial charge on any atom is -0.462 e. The molecule has 5 nitrogen and oxygen atoms in total. The van der Waals surface area contributed by atoms with Crippen LogP contribution >= 0.6 is 0 Å². The monoisotopic (exact) mass is 933 g/mol. The number of rotatable bonds is 46. The van der Waals surface area contributed by atoms with Crippen LogP contribution in [0.25, 0.3) is 0 Å². The molecular weight excluding hydrogens is 837 g/mol. The Bertz CT molecular complexity index is 1570. The molecule has 0 bridgehead atoms. The smallest absolute Gasteiger partial charge is 0.306 e. The highest BCUT2D eigenvalue weighted by Crippen LogP contribution is 2.12. The Morgan fingerprint density at radius 3 is 0.897 bits per heavy atom. The van der Waals surface area contributed by atoms with Crippen molar-refractivity contribution in [1.82, 2.24) is 0 Å². The third-order valence-corrected chi connectivity index (χ3v) is 10.5. The van der Waals surface area contributed by atoms with Gasteiger partial charge in [-0.3, -0.25) is 9.59 Å². The van der Waals surface area contributed by atoms with Gasteiger partial charge in [0.1, 0.15) is 6.61 Å². The van der Waals surface area contributed by atoms with E-state index in [1.54, 1.807) is 0 Å². The molecule has 0 aliphatic rings. The van der Waals surface area contributed by atoms with Gasteiger partial charge in [0.2, 0.25) is 0 Å². The van der Waals surface area contributed by atoms with Gasteiger partial charge >= 0.3 is 11.9 Å². The molecule has 68 heavy (non-hydrogen) atoms. The van der Waals surface area contributed by atoms with Crippen molar-refractivity contribution in [2.24, 2.45) is 0 Å². The number of unbranched alkanes of at least 4 members (excludes halogenated alkanes) is 10. The van der Waals surface area contributed by atoms with E-state index < -0.39 is 6.10 Å². The minimum absolute atomic E-state index is 0.0964. The SMILES string of the molecule is CC/C=C\C/C=C\C/C=C\C/C=C\C/C=C\C/C=C\C/C=C\C/C=C\C/C=C\C/C=C\C/C=C\CCCCCCCCCC(=O)OC(CO)COC(=O)CCCCC/C=C\C/C=C\C/C=C\CC. The van der Waals surface area contributed by atoms with Gasteiger partial charge in [-0.1, -0.05) is 223 Å². The lowest BCUT2D eigenvalue weighted by Crippen LogP contribution is -2.28. The average Bonchev–Trinajstić information content (AvgIpc) is 3.34. The first-order valence-corrected chi connectivity index (χ1v) is 26.7. The number of carbonyl (C=O) groups excluding carboxylic acids is 2. The lowest BCUT2D eigenvalue weighted by Gasteiger charge is -2.15. The molecule has 378 valence electrons. The molecule has 0 aromatic rings. The number of ether oxygens (including phenoxy) is 2. The molecule has 0 heterocycles. The van der Waals surface area contributed by atoms with E-state index in [1.807, 2.05) is 0 Å². The van der Waals surface area contributed by atoms with E-state index in [4.69, 9.17) is 9.47 Å². The minimum atomic E-state index is -0.802. The van der Waals surface area contributed by atoms with E-state index >= 15 is 0 Å². The summed E-state index contributed by atoms with van der Waals surface area (Å²) < 4.78 is 10.6. The summed E-state index contributed by atoms with van der Waals surface area (Å²) in [5.74, 6) is -0.653. The molecule has 1 N–H and O–H groups in total. The normalized spacial score (nSPS) is 13.6. The molecule has 1 atom stereocenters. The highest BCUT2D eigenvalue weighted by molar-refractivity contribution is 5.70. The molecule has 0 aliphatic heterocycles. The fourth-order valence-electron chi connectivity index (χ4n) is 6.57. The Labute approximate surface area is 417 Å². The predicted molar refractivity (Wildman–Crippen MR) is 297 cm³/mol. The fraction of sp³-hybridized carbons (Fsp3) is 0.524. The third-order valence-electron chi connectivity index (χ3n) is 10.5. The first-order chi connectivity index (χ1) is 33.6. The Hall–Kier alpha value is -4.74. The quantitative estimate of drug-likeness (QED) is 0.0374. The molecule has 0 saturated heterocycles. The second-order valence-corrected chi connectivity index (χ2v) is 16.8. The predicted octanol–water partition coefficient (Wildman–Crippen LogP) is 18.2. The van der Waals surface area contributed by atoms with Gasteiger partial charge in [0, 0.05) is 12.8 Å². The summed E-state index contributed by atoms with van der Waals surface area (Å²) in [6.45, 7) is 3.85. The summed E-state index contributed by atoms with van der Waals surface area (Å²) in [6.07, 6.45) is 88.9. The zero-order chi connectivity index (χ0) is 49.2. The Kier molecular flexibility index (Phi) is 52.6. The van der Waals surface area contributed by atoms with Gasteiger partial charge in [0.15, 0.2) is 6.10 Å². The highest BCUT2D eigenvalue weighted by Gasteiger charge is 2.16. The number of hydrogen-bond acceptors (Lipinski definition) is 5. The number of aliphatic hydroxyl groups is 1. The van der Waals surface area contributed by atoms with Crippen LogP contribution in [0.15, 0.2) is 170 Å². The van der Waals surface area contributed by atoms with Crippen molar-refractivity contribution in [1.29, 1.82) is 0 Å². The summed E-state index contributed by atoms with van der Waals surface area (Å²) in [5.41, 5.74) is 0. The van der Waals surface area contributed by atoms with Crippen molar-refractivity contribution in [3.8, 4) is 0 Å². The van der Waals surface area contributed by atoms with Crippen molar-refractivity contribution < 1.29 is 24.2 Å². The fourth-order valence-corrected chi connectivity index (χ4v) is 6.57. The first-order valence-electron chi connectivity index (χ1n) is 26.7. The van der Waals surface area contributed by atoms with Crippen LogP contribution in [0.4, 0.5) is 0 Å². The van der Waals surface area contributed by atoms with E-state index in [-0.39, 0.29) is 25.2 Å². The van der Waals surface area contributed by atoms with Gasteiger partial charge in [0.05, 0.1) is 6.61 Å². The Balaban J connectivity index is 3.66. The van der Waals surface area contributed by atoms with Gasteiger partial charge in [-0.2, -0.15) is 0 Å². The molecule has 0 amide bonds. The second kappa shape index (κ2) is 56.6. The summed E-state index contributed by atoms with van der Waals surface area (Å²) >= 11 is 0. The maximum absolute atomic E-state index is 12.3. The van der Waals surface area contributed by atoms with Crippen LogP contribution in [0.1, 0.15) is 194 Å². The van der Waals surface area contributed by atoms with Crippen LogP contribution in [0.3, 0.4) is 0 Å².